The summed E-state index contributed by atoms with van der Waals surface area (Å²) < 4.78 is 5.01. The molecule has 1 aromatic carbocycles. The van der Waals surface area contributed by atoms with Crippen molar-refractivity contribution < 1.29 is 4.79 Å². The van der Waals surface area contributed by atoms with Gasteiger partial charge in [-0.3, -0.25) is 18.6 Å². The molecule has 1 amide bonds. The summed E-state index contributed by atoms with van der Waals surface area (Å²) >= 11 is 0. The van der Waals surface area contributed by atoms with Gasteiger partial charge >= 0.3 is 5.69 Å². The lowest BCUT2D eigenvalue weighted by atomic mass is 10.3. The van der Waals surface area contributed by atoms with E-state index in [1.54, 1.807) is 11.6 Å². The second-order valence-corrected chi connectivity index (χ2v) is 6.27. The fourth-order valence-corrected chi connectivity index (χ4v) is 3.07. The van der Waals surface area contributed by atoms with Crippen LogP contribution in [0.15, 0.2) is 35.1 Å². The maximum atomic E-state index is 12.3. The normalized spacial score (nSPS) is 11.2. The lowest BCUT2D eigenvalue weighted by molar-refractivity contribution is -0.121. The first kappa shape index (κ1) is 17.0. The van der Waals surface area contributed by atoms with E-state index in [2.05, 4.69) is 10.4 Å². The molecule has 2 aromatic heterocycles. The molecule has 0 radical (unpaired) electrons. The Kier molecular flexibility index (Phi) is 4.74. The Balaban J connectivity index is 1.57. The smallest absolute Gasteiger partial charge is 0.329 e. The van der Waals surface area contributed by atoms with Crippen molar-refractivity contribution in [1.29, 1.82) is 0 Å². The van der Waals surface area contributed by atoms with Crippen molar-refractivity contribution in [2.24, 2.45) is 7.05 Å². The molecule has 2 heterocycles. The molecule has 7 heteroatoms. The van der Waals surface area contributed by atoms with Gasteiger partial charge in [0.1, 0.15) is 6.54 Å². The van der Waals surface area contributed by atoms with E-state index in [0.29, 0.717) is 6.54 Å². The number of aromatic nitrogens is 4. The molecule has 7 nitrogen and oxygen atoms in total. The van der Waals surface area contributed by atoms with E-state index in [9.17, 15) is 9.59 Å². The summed E-state index contributed by atoms with van der Waals surface area (Å²) in [6.07, 6.45) is 0.790. The number of imidazole rings is 1. The van der Waals surface area contributed by atoms with Crippen LogP contribution in [0.3, 0.4) is 0 Å². The zero-order valence-corrected chi connectivity index (χ0v) is 14.8. The molecule has 0 unspecified atom stereocenters. The van der Waals surface area contributed by atoms with Crippen molar-refractivity contribution in [2.45, 2.75) is 33.4 Å². The van der Waals surface area contributed by atoms with Crippen molar-refractivity contribution in [2.75, 3.05) is 6.54 Å². The lowest BCUT2D eigenvalue weighted by Crippen LogP contribution is -2.33. The first-order valence-electron chi connectivity index (χ1n) is 8.39. The number of carbonyl (C=O) groups is 1. The summed E-state index contributed by atoms with van der Waals surface area (Å²) in [4.78, 5) is 24.5. The van der Waals surface area contributed by atoms with Gasteiger partial charge in [-0.1, -0.05) is 12.1 Å². The number of amides is 1. The zero-order valence-electron chi connectivity index (χ0n) is 14.8. The Morgan fingerprint density at radius 2 is 1.92 bits per heavy atom. The number of nitrogens with zero attached hydrogens (tertiary/aromatic N) is 4. The SMILES string of the molecule is Cc1cc(C)n(CCCNC(=O)Cn2c(=O)n(C)c3ccccc32)n1. The van der Waals surface area contributed by atoms with E-state index in [-0.39, 0.29) is 18.1 Å². The van der Waals surface area contributed by atoms with Gasteiger partial charge in [-0.25, -0.2) is 4.79 Å². The number of hydrogen-bond donors (Lipinski definition) is 1. The van der Waals surface area contributed by atoms with Crippen molar-refractivity contribution in [3.05, 3.63) is 52.2 Å². The molecule has 0 spiro atoms. The topological polar surface area (TPSA) is 73.8 Å². The van der Waals surface area contributed by atoms with Crippen LogP contribution < -0.4 is 11.0 Å². The number of nitrogens with one attached hydrogen (secondary N) is 1. The standard InChI is InChI=1S/C18H23N5O2/c1-13-11-14(2)23(20-13)10-6-9-19-17(24)12-22-16-8-5-4-7-15(16)21(3)18(22)25/h4-5,7-8,11H,6,9-10,12H2,1-3H3,(H,19,24). The molecule has 132 valence electrons. The van der Waals surface area contributed by atoms with Gasteiger partial charge in [-0.05, 0) is 38.5 Å². The fraction of sp³-hybridized carbons (Fsp3) is 0.389. The molecule has 0 bridgehead atoms. The molecule has 3 aromatic rings. The van der Waals surface area contributed by atoms with Crippen LogP contribution in [0.1, 0.15) is 17.8 Å². The molecule has 0 aliphatic heterocycles. The molecular weight excluding hydrogens is 318 g/mol. The number of aryl methyl sites for hydroxylation is 4. The van der Waals surface area contributed by atoms with Crippen molar-refractivity contribution in [3.8, 4) is 0 Å². The zero-order chi connectivity index (χ0) is 18.0. The van der Waals surface area contributed by atoms with E-state index < -0.39 is 0 Å². The van der Waals surface area contributed by atoms with Gasteiger partial charge in [0.2, 0.25) is 5.91 Å². The van der Waals surface area contributed by atoms with Gasteiger partial charge in [-0.15, -0.1) is 0 Å². The van der Waals surface area contributed by atoms with Crippen LogP contribution in [0.4, 0.5) is 0 Å². The van der Waals surface area contributed by atoms with Gasteiger partial charge in [0, 0.05) is 25.8 Å². The van der Waals surface area contributed by atoms with Crippen molar-refractivity contribution in [3.63, 3.8) is 0 Å². The average molecular weight is 341 g/mol. The maximum Gasteiger partial charge on any atom is 0.329 e. The highest BCUT2D eigenvalue weighted by Gasteiger charge is 2.12. The number of rotatable bonds is 6. The second-order valence-electron chi connectivity index (χ2n) is 6.27. The third-order valence-electron chi connectivity index (χ3n) is 4.33. The molecule has 0 saturated carbocycles. The third kappa shape index (κ3) is 3.50. The average Bonchev–Trinajstić information content (AvgIpc) is 3.03. The van der Waals surface area contributed by atoms with Crippen LogP contribution >= 0.6 is 0 Å². The van der Waals surface area contributed by atoms with Crippen molar-refractivity contribution >= 4 is 16.9 Å². The minimum atomic E-state index is -0.181. The minimum Gasteiger partial charge on any atom is -0.354 e. The lowest BCUT2D eigenvalue weighted by Gasteiger charge is -2.07. The molecular formula is C18H23N5O2. The van der Waals surface area contributed by atoms with Gasteiger partial charge in [-0.2, -0.15) is 5.10 Å². The minimum absolute atomic E-state index is 0.0279. The molecule has 0 fully saturated rings. The van der Waals surface area contributed by atoms with Crippen LogP contribution in [-0.4, -0.2) is 31.4 Å². The Morgan fingerprint density at radius 1 is 1.20 bits per heavy atom. The number of hydrogen-bond acceptors (Lipinski definition) is 3. The maximum absolute atomic E-state index is 12.3. The Labute approximate surface area is 145 Å². The Bertz CT molecular complexity index is 964. The van der Waals surface area contributed by atoms with E-state index in [1.807, 2.05) is 48.9 Å². The highest BCUT2D eigenvalue weighted by molar-refractivity contribution is 5.80. The highest BCUT2D eigenvalue weighted by Crippen LogP contribution is 2.11. The monoisotopic (exact) mass is 341 g/mol. The van der Waals surface area contributed by atoms with Crippen LogP contribution in [0.25, 0.3) is 11.0 Å². The van der Waals surface area contributed by atoms with Crippen LogP contribution in [0.2, 0.25) is 0 Å². The number of benzene rings is 1. The first-order chi connectivity index (χ1) is 12.0. The molecule has 25 heavy (non-hydrogen) atoms. The highest BCUT2D eigenvalue weighted by atomic mass is 16.2. The number of fused-ring (bicyclic) bond motifs is 1. The van der Waals surface area contributed by atoms with Crippen molar-refractivity contribution in [1.82, 2.24) is 24.2 Å². The van der Waals surface area contributed by atoms with E-state index in [0.717, 1.165) is 35.4 Å². The molecule has 3 rings (SSSR count). The molecule has 0 aliphatic carbocycles. The summed E-state index contributed by atoms with van der Waals surface area (Å²) in [5, 5.41) is 7.28. The van der Waals surface area contributed by atoms with E-state index in [1.165, 1.54) is 4.57 Å². The summed E-state index contributed by atoms with van der Waals surface area (Å²) in [7, 11) is 1.72. The summed E-state index contributed by atoms with van der Waals surface area (Å²) in [5.74, 6) is -0.160. The predicted octanol–water partition coefficient (Wildman–Crippen LogP) is 1.36. The van der Waals surface area contributed by atoms with Crippen LogP contribution in [0, 0.1) is 13.8 Å². The molecule has 0 aliphatic rings. The molecule has 0 atom stereocenters. The summed E-state index contributed by atoms with van der Waals surface area (Å²) in [5.41, 5.74) is 3.53. The van der Waals surface area contributed by atoms with E-state index >= 15 is 0 Å². The predicted molar refractivity (Wildman–Crippen MR) is 96.5 cm³/mol. The summed E-state index contributed by atoms with van der Waals surface area (Å²) in [6.45, 7) is 5.32. The quantitative estimate of drug-likeness (QED) is 0.688. The van der Waals surface area contributed by atoms with Crippen LogP contribution in [0.5, 0.6) is 0 Å². The number of carbonyl (C=O) groups excluding carboxylic acids is 1. The summed E-state index contributed by atoms with van der Waals surface area (Å²) in [6, 6.07) is 9.51. The fourth-order valence-electron chi connectivity index (χ4n) is 3.07. The Hall–Kier alpha value is -2.83. The second kappa shape index (κ2) is 6.96. The van der Waals surface area contributed by atoms with Gasteiger partial charge in [0.25, 0.3) is 0 Å². The first-order valence-corrected chi connectivity index (χ1v) is 8.39. The molecule has 1 N–H and O–H groups in total. The van der Waals surface area contributed by atoms with Crippen LogP contribution in [-0.2, 0) is 24.9 Å². The van der Waals surface area contributed by atoms with Gasteiger partial charge < -0.3 is 5.32 Å². The van der Waals surface area contributed by atoms with E-state index in [4.69, 9.17) is 0 Å². The van der Waals surface area contributed by atoms with Gasteiger partial charge in [0.15, 0.2) is 0 Å². The number of para-hydroxylation sites is 2. The van der Waals surface area contributed by atoms with Gasteiger partial charge in [0.05, 0.1) is 16.7 Å². The third-order valence-corrected chi connectivity index (χ3v) is 4.33. The largest absolute Gasteiger partial charge is 0.354 e. The Morgan fingerprint density at radius 3 is 2.60 bits per heavy atom. The molecule has 0 saturated heterocycles.